The van der Waals surface area contributed by atoms with Crippen molar-refractivity contribution in [3.05, 3.63) is 42.0 Å². The Labute approximate surface area is 102 Å². The van der Waals surface area contributed by atoms with Crippen LogP contribution in [0.2, 0.25) is 0 Å². The molecule has 0 amide bonds. The van der Waals surface area contributed by atoms with Gasteiger partial charge in [-0.05, 0) is 26.0 Å². The summed E-state index contributed by atoms with van der Waals surface area (Å²) in [5.74, 6) is 0.600. The fraction of sp³-hybridized carbons (Fsp3) is 0.357. The molecular weight excluding hydrogens is 216 g/mol. The Hall–Kier alpha value is -1.61. The van der Waals surface area contributed by atoms with E-state index in [0.717, 1.165) is 0 Å². The number of benzene rings is 1. The highest BCUT2D eigenvalue weighted by molar-refractivity contribution is 6.08. The first-order valence-electron chi connectivity index (χ1n) is 5.72. The van der Waals surface area contributed by atoms with Gasteiger partial charge in [0.1, 0.15) is 5.75 Å². The number of carbonyl (C=O) groups is 1. The predicted molar refractivity (Wildman–Crippen MR) is 67.6 cm³/mol. The van der Waals surface area contributed by atoms with E-state index in [-0.39, 0.29) is 12.4 Å². The molecule has 3 nitrogen and oxygen atoms in total. The maximum absolute atomic E-state index is 12.0. The largest absolute Gasteiger partial charge is 0.494 e. The number of carbonyl (C=O) groups excluding carboxylic acids is 1. The highest BCUT2D eigenvalue weighted by Gasteiger charge is 2.10. The molecule has 0 fully saturated rings. The molecule has 92 valence electrons. The minimum atomic E-state index is -0.0972. The molecule has 3 heteroatoms. The van der Waals surface area contributed by atoms with E-state index in [2.05, 4.69) is 6.58 Å². The molecule has 0 aliphatic carbocycles. The van der Waals surface area contributed by atoms with Crippen molar-refractivity contribution in [3.63, 3.8) is 0 Å². The number of rotatable bonds is 7. The van der Waals surface area contributed by atoms with Crippen LogP contribution >= 0.6 is 0 Å². The first-order chi connectivity index (χ1) is 8.19. The molecule has 0 aliphatic heterocycles. The van der Waals surface area contributed by atoms with E-state index in [1.54, 1.807) is 18.2 Å². The van der Waals surface area contributed by atoms with Gasteiger partial charge in [0.2, 0.25) is 0 Å². The van der Waals surface area contributed by atoms with Crippen LogP contribution in [0.15, 0.2) is 36.4 Å². The maximum atomic E-state index is 12.0. The smallest absolute Gasteiger partial charge is 0.190 e. The Morgan fingerprint density at radius 1 is 1.29 bits per heavy atom. The van der Waals surface area contributed by atoms with E-state index in [4.69, 9.17) is 9.47 Å². The van der Waals surface area contributed by atoms with Gasteiger partial charge < -0.3 is 9.47 Å². The third kappa shape index (κ3) is 4.04. The SMILES string of the molecule is C=C(COCC)C(=O)c1cccc(OCC)c1. The second kappa shape index (κ2) is 6.86. The monoisotopic (exact) mass is 234 g/mol. The summed E-state index contributed by atoms with van der Waals surface area (Å²) in [4.78, 5) is 12.0. The molecule has 0 saturated carbocycles. The molecule has 0 aliphatic rings. The lowest BCUT2D eigenvalue weighted by Crippen LogP contribution is -2.08. The normalized spacial score (nSPS) is 10.0. The van der Waals surface area contributed by atoms with Crippen molar-refractivity contribution < 1.29 is 14.3 Å². The Bertz CT molecular complexity index is 396. The Morgan fingerprint density at radius 2 is 2.06 bits per heavy atom. The fourth-order valence-corrected chi connectivity index (χ4v) is 1.39. The van der Waals surface area contributed by atoms with Gasteiger partial charge in [0.25, 0.3) is 0 Å². The minimum Gasteiger partial charge on any atom is -0.494 e. The molecule has 0 aromatic heterocycles. The van der Waals surface area contributed by atoms with Crippen LogP contribution in [0.25, 0.3) is 0 Å². The summed E-state index contributed by atoms with van der Waals surface area (Å²) in [6, 6.07) is 7.10. The zero-order valence-corrected chi connectivity index (χ0v) is 10.4. The van der Waals surface area contributed by atoms with Gasteiger partial charge >= 0.3 is 0 Å². The van der Waals surface area contributed by atoms with Crippen molar-refractivity contribution in [2.75, 3.05) is 19.8 Å². The average Bonchev–Trinajstić information content (AvgIpc) is 2.35. The Balaban J connectivity index is 2.74. The first-order valence-corrected chi connectivity index (χ1v) is 5.72. The standard InChI is InChI=1S/C14H18O3/c1-4-16-10-11(3)14(15)12-7-6-8-13(9-12)17-5-2/h6-9H,3-5,10H2,1-2H3. The van der Waals surface area contributed by atoms with Crippen molar-refractivity contribution in [2.45, 2.75) is 13.8 Å². The Kier molecular flexibility index (Phi) is 5.43. The molecule has 17 heavy (non-hydrogen) atoms. The molecule has 1 aromatic carbocycles. The molecule has 1 aromatic rings. The lowest BCUT2D eigenvalue weighted by Gasteiger charge is -2.07. The second-order valence-corrected chi connectivity index (χ2v) is 3.53. The molecule has 0 bridgehead atoms. The van der Waals surface area contributed by atoms with E-state index >= 15 is 0 Å². The summed E-state index contributed by atoms with van der Waals surface area (Å²) >= 11 is 0. The Morgan fingerprint density at radius 3 is 2.71 bits per heavy atom. The first kappa shape index (κ1) is 13.5. The van der Waals surface area contributed by atoms with E-state index in [1.807, 2.05) is 19.9 Å². The van der Waals surface area contributed by atoms with Gasteiger partial charge in [0, 0.05) is 17.7 Å². The zero-order valence-electron chi connectivity index (χ0n) is 10.4. The predicted octanol–water partition coefficient (Wildman–Crippen LogP) is 2.86. The van der Waals surface area contributed by atoms with Crippen LogP contribution in [0.1, 0.15) is 24.2 Å². The number of hydrogen-bond donors (Lipinski definition) is 0. The summed E-state index contributed by atoms with van der Waals surface area (Å²) in [5.41, 5.74) is 1.04. The van der Waals surface area contributed by atoms with Gasteiger partial charge in [-0.3, -0.25) is 4.79 Å². The maximum Gasteiger partial charge on any atom is 0.190 e. The summed E-state index contributed by atoms with van der Waals surface area (Å²) in [7, 11) is 0. The van der Waals surface area contributed by atoms with Crippen molar-refractivity contribution in [2.24, 2.45) is 0 Å². The summed E-state index contributed by atoms with van der Waals surface area (Å²) in [5, 5.41) is 0. The van der Waals surface area contributed by atoms with Gasteiger partial charge in [-0.25, -0.2) is 0 Å². The molecule has 0 heterocycles. The van der Waals surface area contributed by atoms with Crippen LogP contribution < -0.4 is 4.74 Å². The van der Waals surface area contributed by atoms with Crippen molar-refractivity contribution in [1.29, 1.82) is 0 Å². The number of Topliss-reactive ketones (excluding diaryl/α,β-unsaturated/α-hetero) is 1. The van der Waals surface area contributed by atoms with Gasteiger partial charge in [-0.1, -0.05) is 18.7 Å². The van der Waals surface area contributed by atoms with Crippen LogP contribution in [0.3, 0.4) is 0 Å². The molecule has 0 N–H and O–H groups in total. The molecule has 0 radical (unpaired) electrons. The van der Waals surface area contributed by atoms with E-state index < -0.39 is 0 Å². The van der Waals surface area contributed by atoms with Crippen LogP contribution in [-0.2, 0) is 4.74 Å². The summed E-state index contributed by atoms with van der Waals surface area (Å²) < 4.78 is 10.5. The summed E-state index contributed by atoms with van der Waals surface area (Å²) in [6.45, 7) is 8.94. The fourth-order valence-electron chi connectivity index (χ4n) is 1.39. The van der Waals surface area contributed by atoms with Crippen LogP contribution in [0.4, 0.5) is 0 Å². The molecule has 0 saturated heterocycles. The lowest BCUT2D eigenvalue weighted by atomic mass is 10.1. The van der Waals surface area contributed by atoms with Crippen molar-refractivity contribution in [1.82, 2.24) is 0 Å². The number of hydrogen-bond acceptors (Lipinski definition) is 3. The van der Waals surface area contributed by atoms with Gasteiger partial charge in [0.15, 0.2) is 5.78 Å². The highest BCUT2D eigenvalue weighted by Crippen LogP contribution is 2.16. The topological polar surface area (TPSA) is 35.5 Å². The number of ether oxygens (including phenoxy) is 2. The van der Waals surface area contributed by atoms with E-state index in [1.165, 1.54) is 0 Å². The van der Waals surface area contributed by atoms with Crippen LogP contribution in [0, 0.1) is 0 Å². The molecule has 0 atom stereocenters. The highest BCUT2D eigenvalue weighted by atomic mass is 16.5. The van der Waals surface area contributed by atoms with Crippen LogP contribution in [-0.4, -0.2) is 25.6 Å². The average molecular weight is 234 g/mol. The van der Waals surface area contributed by atoms with Gasteiger partial charge in [0.05, 0.1) is 13.2 Å². The minimum absolute atomic E-state index is 0.0972. The molecule has 0 spiro atoms. The van der Waals surface area contributed by atoms with E-state index in [9.17, 15) is 4.79 Å². The van der Waals surface area contributed by atoms with Crippen LogP contribution in [0.5, 0.6) is 5.75 Å². The number of ketones is 1. The van der Waals surface area contributed by atoms with Crippen molar-refractivity contribution in [3.8, 4) is 5.75 Å². The van der Waals surface area contributed by atoms with Crippen molar-refractivity contribution >= 4 is 5.78 Å². The quantitative estimate of drug-likeness (QED) is 0.537. The lowest BCUT2D eigenvalue weighted by molar-refractivity contribution is 0.0991. The molecule has 1 rings (SSSR count). The summed E-state index contributed by atoms with van der Waals surface area (Å²) in [6.07, 6.45) is 0. The van der Waals surface area contributed by atoms with Gasteiger partial charge in [-0.15, -0.1) is 0 Å². The third-order valence-electron chi connectivity index (χ3n) is 2.21. The third-order valence-corrected chi connectivity index (χ3v) is 2.21. The molecule has 0 unspecified atom stereocenters. The van der Waals surface area contributed by atoms with Gasteiger partial charge in [-0.2, -0.15) is 0 Å². The molecular formula is C14H18O3. The second-order valence-electron chi connectivity index (χ2n) is 3.53. The van der Waals surface area contributed by atoms with E-state index in [0.29, 0.717) is 30.1 Å². The zero-order chi connectivity index (χ0) is 12.7.